The summed E-state index contributed by atoms with van der Waals surface area (Å²) < 4.78 is 1.62. The lowest BCUT2D eigenvalue weighted by atomic mass is 10.1. The van der Waals surface area contributed by atoms with Gasteiger partial charge < -0.3 is 10.4 Å². The Bertz CT molecular complexity index is 1020. The summed E-state index contributed by atoms with van der Waals surface area (Å²) in [5.41, 5.74) is 3.05. The molecule has 28 heavy (non-hydrogen) atoms. The number of rotatable bonds is 5. The van der Waals surface area contributed by atoms with Crippen molar-refractivity contribution in [1.82, 2.24) is 15.1 Å². The number of hydrogen-bond acceptors (Lipinski definition) is 3. The average molecular weight is 439 g/mol. The highest BCUT2D eigenvalue weighted by Crippen LogP contribution is 2.33. The van der Waals surface area contributed by atoms with Gasteiger partial charge in [-0.1, -0.05) is 46.9 Å². The van der Waals surface area contributed by atoms with Crippen LogP contribution in [0.25, 0.3) is 16.9 Å². The second kappa shape index (κ2) is 8.53. The average Bonchev–Trinajstić information content (AvgIpc) is 2.99. The zero-order valence-corrected chi connectivity index (χ0v) is 17.5. The molecule has 3 aromatic rings. The monoisotopic (exact) mass is 437 g/mol. The minimum atomic E-state index is -0.393. The van der Waals surface area contributed by atoms with Crippen LogP contribution >= 0.6 is 34.8 Å². The van der Waals surface area contributed by atoms with Crippen LogP contribution in [0.2, 0.25) is 15.1 Å². The zero-order valence-electron chi connectivity index (χ0n) is 15.2. The molecule has 0 aliphatic rings. The van der Waals surface area contributed by atoms with Crippen molar-refractivity contribution in [3.05, 3.63) is 68.8 Å². The van der Waals surface area contributed by atoms with Gasteiger partial charge in [0.2, 0.25) is 0 Å². The minimum absolute atomic E-state index is 0.168. The fraction of sp³-hybridized carbons (Fsp3) is 0.200. The smallest absolute Gasteiger partial charge is 0.272 e. The maximum Gasteiger partial charge on any atom is 0.272 e. The van der Waals surface area contributed by atoms with Crippen molar-refractivity contribution in [1.29, 1.82) is 0 Å². The van der Waals surface area contributed by atoms with Crippen LogP contribution in [-0.4, -0.2) is 33.4 Å². The highest BCUT2D eigenvalue weighted by molar-refractivity contribution is 6.35. The summed E-state index contributed by atoms with van der Waals surface area (Å²) in [5, 5.41) is 18.0. The summed E-state index contributed by atoms with van der Waals surface area (Å²) in [6, 6.07) is 11.9. The van der Waals surface area contributed by atoms with E-state index in [1.54, 1.807) is 41.9 Å². The van der Waals surface area contributed by atoms with Crippen molar-refractivity contribution in [3.63, 3.8) is 0 Å². The van der Waals surface area contributed by atoms with Crippen LogP contribution in [0.5, 0.6) is 0 Å². The molecule has 5 nitrogen and oxygen atoms in total. The maximum absolute atomic E-state index is 12.7. The molecule has 2 N–H and O–H groups in total. The minimum Gasteiger partial charge on any atom is -0.394 e. The van der Waals surface area contributed by atoms with E-state index < -0.39 is 6.04 Å². The van der Waals surface area contributed by atoms with Gasteiger partial charge in [0.15, 0.2) is 5.69 Å². The van der Waals surface area contributed by atoms with Gasteiger partial charge in [-0.2, -0.15) is 5.10 Å². The molecule has 8 heteroatoms. The maximum atomic E-state index is 12.7. The molecule has 0 saturated heterocycles. The van der Waals surface area contributed by atoms with Gasteiger partial charge in [-0.05, 0) is 44.2 Å². The first-order valence-electron chi connectivity index (χ1n) is 8.54. The number of aliphatic hydroxyl groups is 1. The molecule has 0 bridgehead atoms. The predicted octanol–water partition coefficient (Wildman–Crippen LogP) is 4.92. The number of nitrogens with one attached hydrogen (secondary N) is 1. The van der Waals surface area contributed by atoms with Crippen molar-refractivity contribution in [3.8, 4) is 16.9 Å². The topological polar surface area (TPSA) is 67.2 Å². The van der Waals surface area contributed by atoms with Crippen LogP contribution in [0.3, 0.4) is 0 Å². The molecule has 146 valence electrons. The number of aromatic nitrogens is 2. The van der Waals surface area contributed by atoms with Gasteiger partial charge in [0.05, 0.1) is 23.0 Å². The summed E-state index contributed by atoms with van der Waals surface area (Å²) in [5.74, 6) is -0.377. The zero-order chi connectivity index (χ0) is 20.4. The van der Waals surface area contributed by atoms with Crippen molar-refractivity contribution >= 4 is 40.7 Å². The molecule has 0 unspecified atom stereocenters. The summed E-state index contributed by atoms with van der Waals surface area (Å²) in [7, 11) is 0. The van der Waals surface area contributed by atoms with Gasteiger partial charge in [-0.25, -0.2) is 4.68 Å². The van der Waals surface area contributed by atoms with E-state index in [2.05, 4.69) is 10.4 Å². The molecule has 1 aromatic heterocycles. The summed E-state index contributed by atoms with van der Waals surface area (Å²) in [4.78, 5) is 12.7. The number of carbonyl (C=O) groups is 1. The molecule has 0 fully saturated rings. The third-order valence-corrected chi connectivity index (χ3v) is 5.03. The Hall–Kier alpha value is -2.05. The van der Waals surface area contributed by atoms with Crippen LogP contribution in [0, 0.1) is 6.92 Å². The fourth-order valence-electron chi connectivity index (χ4n) is 2.82. The highest BCUT2D eigenvalue weighted by atomic mass is 35.5. The second-order valence-corrected chi connectivity index (χ2v) is 7.67. The second-order valence-electron chi connectivity index (χ2n) is 6.39. The van der Waals surface area contributed by atoms with Gasteiger partial charge in [0.1, 0.15) is 0 Å². The first kappa shape index (κ1) is 20.7. The molecule has 0 aliphatic carbocycles. The molecule has 0 radical (unpaired) electrons. The molecular weight excluding hydrogens is 421 g/mol. The standard InChI is InChI=1S/C20H18Cl3N3O2/c1-11(10-27)24-20(28)18-12(2)19(13-3-5-14(21)6-4-13)26(25-18)17-8-7-15(22)9-16(17)23/h3-9,11,27H,10H2,1-2H3,(H,24,28)/t11-/m0/s1. The van der Waals surface area contributed by atoms with Crippen molar-refractivity contribution < 1.29 is 9.90 Å². The molecule has 3 rings (SSSR count). The van der Waals surface area contributed by atoms with Gasteiger partial charge in [0.25, 0.3) is 5.91 Å². The van der Waals surface area contributed by atoms with Gasteiger partial charge >= 0.3 is 0 Å². The van der Waals surface area contributed by atoms with E-state index in [9.17, 15) is 9.90 Å². The number of halogens is 3. The van der Waals surface area contributed by atoms with Gasteiger partial charge in [0, 0.05) is 27.2 Å². The van der Waals surface area contributed by atoms with Crippen LogP contribution < -0.4 is 5.32 Å². The highest BCUT2D eigenvalue weighted by Gasteiger charge is 2.23. The largest absolute Gasteiger partial charge is 0.394 e. The van der Waals surface area contributed by atoms with E-state index in [0.29, 0.717) is 32.0 Å². The Kier molecular flexibility index (Phi) is 6.30. The quantitative estimate of drug-likeness (QED) is 0.594. The molecule has 1 amide bonds. The van der Waals surface area contributed by atoms with Gasteiger partial charge in [-0.3, -0.25) is 4.79 Å². The van der Waals surface area contributed by atoms with E-state index in [0.717, 1.165) is 5.56 Å². The first-order valence-corrected chi connectivity index (χ1v) is 9.68. The van der Waals surface area contributed by atoms with E-state index in [-0.39, 0.29) is 18.2 Å². The summed E-state index contributed by atoms with van der Waals surface area (Å²) in [6.07, 6.45) is 0. The first-order chi connectivity index (χ1) is 13.3. The Morgan fingerprint density at radius 3 is 2.39 bits per heavy atom. The Morgan fingerprint density at radius 1 is 1.14 bits per heavy atom. The fourth-order valence-corrected chi connectivity index (χ4v) is 3.44. The van der Waals surface area contributed by atoms with Crippen molar-refractivity contribution in [2.45, 2.75) is 19.9 Å². The molecule has 2 aromatic carbocycles. The lowest BCUT2D eigenvalue weighted by Crippen LogP contribution is -2.35. The number of benzene rings is 2. The normalized spacial score (nSPS) is 12.1. The van der Waals surface area contributed by atoms with Crippen LogP contribution in [0.15, 0.2) is 42.5 Å². The van der Waals surface area contributed by atoms with E-state index in [4.69, 9.17) is 34.8 Å². The molecule has 1 atom stereocenters. The SMILES string of the molecule is Cc1c(C(=O)N[C@@H](C)CO)nn(-c2ccc(Cl)cc2Cl)c1-c1ccc(Cl)cc1. The van der Waals surface area contributed by atoms with Crippen molar-refractivity contribution in [2.75, 3.05) is 6.61 Å². The van der Waals surface area contributed by atoms with Crippen LogP contribution in [-0.2, 0) is 0 Å². The lowest BCUT2D eigenvalue weighted by molar-refractivity contribution is 0.0916. The lowest BCUT2D eigenvalue weighted by Gasteiger charge is -2.11. The molecule has 1 heterocycles. The Morgan fingerprint density at radius 2 is 1.79 bits per heavy atom. The molecule has 0 aliphatic heterocycles. The number of carbonyl (C=O) groups excluding carboxylic acids is 1. The Labute approximate surface area is 177 Å². The van der Waals surface area contributed by atoms with Crippen LogP contribution in [0.1, 0.15) is 23.0 Å². The summed E-state index contributed by atoms with van der Waals surface area (Å²) in [6.45, 7) is 3.36. The molecular formula is C20H18Cl3N3O2. The number of amides is 1. The van der Waals surface area contributed by atoms with E-state index in [1.807, 2.05) is 19.1 Å². The van der Waals surface area contributed by atoms with Crippen molar-refractivity contribution in [2.24, 2.45) is 0 Å². The Balaban J connectivity index is 2.20. The third kappa shape index (κ3) is 4.18. The number of hydrogen-bond donors (Lipinski definition) is 2. The number of aliphatic hydroxyl groups excluding tert-OH is 1. The molecule has 0 spiro atoms. The van der Waals surface area contributed by atoms with E-state index >= 15 is 0 Å². The molecule has 0 saturated carbocycles. The van der Waals surface area contributed by atoms with E-state index in [1.165, 1.54) is 0 Å². The van der Waals surface area contributed by atoms with Gasteiger partial charge in [-0.15, -0.1) is 0 Å². The number of nitrogens with zero attached hydrogens (tertiary/aromatic N) is 2. The summed E-state index contributed by atoms with van der Waals surface area (Å²) >= 11 is 18.4. The predicted molar refractivity (Wildman–Crippen MR) is 113 cm³/mol. The third-order valence-electron chi connectivity index (χ3n) is 4.24. The van der Waals surface area contributed by atoms with Crippen LogP contribution in [0.4, 0.5) is 0 Å².